The molecular formula is C7H14O4. The van der Waals surface area contributed by atoms with Crippen LogP contribution in [-0.2, 0) is 9.47 Å². The summed E-state index contributed by atoms with van der Waals surface area (Å²) in [5, 5.41) is 17.7. The zero-order valence-corrected chi connectivity index (χ0v) is 6.78. The molecule has 0 unspecified atom stereocenters. The van der Waals surface area contributed by atoms with E-state index in [1.54, 1.807) is 13.8 Å². The van der Waals surface area contributed by atoms with Crippen LogP contribution in [0.2, 0.25) is 0 Å². The van der Waals surface area contributed by atoms with Gasteiger partial charge in [-0.1, -0.05) is 0 Å². The summed E-state index contributed by atoms with van der Waals surface area (Å²) >= 11 is 0. The van der Waals surface area contributed by atoms with E-state index in [1.807, 2.05) is 0 Å². The average molecular weight is 162 g/mol. The molecule has 0 aromatic rings. The van der Waals surface area contributed by atoms with Gasteiger partial charge in [-0.2, -0.15) is 0 Å². The van der Waals surface area contributed by atoms with Gasteiger partial charge in [0.05, 0.1) is 13.2 Å². The topological polar surface area (TPSA) is 58.9 Å². The van der Waals surface area contributed by atoms with Crippen LogP contribution in [0.4, 0.5) is 0 Å². The normalized spacial score (nSPS) is 32.2. The molecule has 0 bridgehead atoms. The molecule has 4 nitrogen and oxygen atoms in total. The lowest BCUT2D eigenvalue weighted by molar-refractivity contribution is -0.153. The molecule has 1 fully saturated rings. The van der Waals surface area contributed by atoms with E-state index in [1.165, 1.54) is 0 Å². The third kappa shape index (κ3) is 2.13. The Morgan fingerprint density at radius 1 is 1.64 bits per heavy atom. The van der Waals surface area contributed by atoms with Crippen LogP contribution < -0.4 is 0 Å². The highest BCUT2D eigenvalue weighted by Crippen LogP contribution is 2.23. The van der Waals surface area contributed by atoms with Crippen LogP contribution >= 0.6 is 0 Å². The summed E-state index contributed by atoms with van der Waals surface area (Å²) < 4.78 is 10.5. The lowest BCUT2D eigenvalue weighted by Gasteiger charge is -2.18. The predicted octanol–water partition coefficient (Wildman–Crippen LogP) is -0.509. The first kappa shape index (κ1) is 8.93. The highest BCUT2D eigenvalue weighted by atomic mass is 16.7. The molecule has 66 valence electrons. The molecule has 0 radical (unpaired) electrons. The second-order valence-electron chi connectivity index (χ2n) is 3.12. The fraction of sp³-hybridized carbons (Fsp3) is 1.00. The molecule has 0 saturated carbocycles. The molecule has 1 aliphatic rings. The van der Waals surface area contributed by atoms with E-state index in [0.29, 0.717) is 6.61 Å². The summed E-state index contributed by atoms with van der Waals surface area (Å²) in [4.78, 5) is 0. The van der Waals surface area contributed by atoms with Gasteiger partial charge in [-0.05, 0) is 13.8 Å². The number of ether oxygens (including phenoxy) is 2. The summed E-state index contributed by atoms with van der Waals surface area (Å²) in [5.74, 6) is -0.624. The minimum atomic E-state index is -0.836. The van der Waals surface area contributed by atoms with Crippen molar-refractivity contribution in [3.63, 3.8) is 0 Å². The van der Waals surface area contributed by atoms with Crippen molar-refractivity contribution in [3.05, 3.63) is 0 Å². The number of hydrogen-bond donors (Lipinski definition) is 2. The Kier molecular flexibility index (Phi) is 2.49. The second-order valence-corrected chi connectivity index (χ2v) is 3.12. The quantitative estimate of drug-likeness (QED) is 0.574. The molecule has 11 heavy (non-hydrogen) atoms. The SMILES string of the molecule is CC1(C)OC[C@H]([C@H](O)CO)O1. The van der Waals surface area contributed by atoms with Crippen molar-refractivity contribution in [3.8, 4) is 0 Å². The number of aliphatic hydroxyl groups is 2. The van der Waals surface area contributed by atoms with Gasteiger partial charge in [0.15, 0.2) is 5.79 Å². The monoisotopic (exact) mass is 162 g/mol. The molecule has 2 atom stereocenters. The first-order valence-corrected chi connectivity index (χ1v) is 3.66. The van der Waals surface area contributed by atoms with Crippen molar-refractivity contribution in [1.29, 1.82) is 0 Å². The van der Waals surface area contributed by atoms with E-state index in [2.05, 4.69) is 0 Å². The summed E-state index contributed by atoms with van der Waals surface area (Å²) in [6.45, 7) is 3.60. The molecule has 0 aromatic heterocycles. The van der Waals surface area contributed by atoms with Gasteiger partial charge < -0.3 is 19.7 Å². The van der Waals surface area contributed by atoms with E-state index in [0.717, 1.165) is 0 Å². The highest BCUT2D eigenvalue weighted by molar-refractivity contribution is 4.76. The van der Waals surface area contributed by atoms with Crippen LogP contribution in [0.5, 0.6) is 0 Å². The summed E-state index contributed by atoms with van der Waals surface area (Å²) in [7, 11) is 0. The summed E-state index contributed by atoms with van der Waals surface area (Å²) in [6, 6.07) is 0. The molecule has 0 amide bonds. The Labute approximate surface area is 65.7 Å². The van der Waals surface area contributed by atoms with Crippen molar-refractivity contribution in [2.24, 2.45) is 0 Å². The van der Waals surface area contributed by atoms with E-state index in [-0.39, 0.29) is 6.61 Å². The van der Waals surface area contributed by atoms with Gasteiger partial charge in [0.2, 0.25) is 0 Å². The molecule has 0 spiro atoms. The molecule has 2 N–H and O–H groups in total. The fourth-order valence-electron chi connectivity index (χ4n) is 1.02. The van der Waals surface area contributed by atoms with Gasteiger partial charge in [-0.25, -0.2) is 0 Å². The van der Waals surface area contributed by atoms with Gasteiger partial charge in [0, 0.05) is 0 Å². The number of rotatable bonds is 2. The maximum atomic E-state index is 9.13. The van der Waals surface area contributed by atoms with Crippen molar-refractivity contribution in [2.75, 3.05) is 13.2 Å². The van der Waals surface area contributed by atoms with Crippen LogP contribution in [0.25, 0.3) is 0 Å². The zero-order chi connectivity index (χ0) is 8.48. The molecular weight excluding hydrogens is 148 g/mol. The van der Waals surface area contributed by atoms with E-state index in [4.69, 9.17) is 19.7 Å². The van der Waals surface area contributed by atoms with Crippen molar-refractivity contribution < 1.29 is 19.7 Å². The van der Waals surface area contributed by atoms with Crippen molar-refractivity contribution >= 4 is 0 Å². The second kappa shape index (κ2) is 3.06. The lowest BCUT2D eigenvalue weighted by atomic mass is 10.2. The molecule has 1 aliphatic heterocycles. The first-order chi connectivity index (χ1) is 5.05. The Morgan fingerprint density at radius 3 is 2.64 bits per heavy atom. The zero-order valence-electron chi connectivity index (χ0n) is 6.78. The van der Waals surface area contributed by atoms with Crippen LogP contribution in [0.1, 0.15) is 13.8 Å². The number of hydrogen-bond acceptors (Lipinski definition) is 4. The Morgan fingerprint density at radius 2 is 2.27 bits per heavy atom. The Hall–Kier alpha value is -0.160. The van der Waals surface area contributed by atoms with Gasteiger partial charge in [-0.3, -0.25) is 0 Å². The molecule has 0 aromatic carbocycles. The third-order valence-corrected chi connectivity index (χ3v) is 1.65. The molecule has 1 rings (SSSR count). The maximum Gasteiger partial charge on any atom is 0.163 e. The van der Waals surface area contributed by atoms with Crippen molar-refractivity contribution in [2.45, 2.75) is 31.8 Å². The largest absolute Gasteiger partial charge is 0.394 e. The smallest absolute Gasteiger partial charge is 0.163 e. The van der Waals surface area contributed by atoms with Gasteiger partial charge in [-0.15, -0.1) is 0 Å². The molecule has 1 heterocycles. The third-order valence-electron chi connectivity index (χ3n) is 1.65. The maximum absolute atomic E-state index is 9.13. The van der Waals surface area contributed by atoms with Crippen molar-refractivity contribution in [1.82, 2.24) is 0 Å². The minimum Gasteiger partial charge on any atom is -0.394 e. The van der Waals surface area contributed by atoms with Gasteiger partial charge >= 0.3 is 0 Å². The minimum absolute atomic E-state index is 0.288. The Balaban J connectivity index is 2.41. The summed E-state index contributed by atoms with van der Waals surface area (Å²) in [5.41, 5.74) is 0. The standard InChI is InChI=1S/C7H14O4/c1-7(2)10-4-6(11-7)5(9)3-8/h5-6,8-9H,3-4H2,1-2H3/t5-,6-/m1/s1. The summed E-state index contributed by atoms with van der Waals surface area (Å²) in [6.07, 6.45) is -1.23. The number of aliphatic hydroxyl groups excluding tert-OH is 2. The lowest BCUT2D eigenvalue weighted by Crippen LogP contribution is -2.33. The van der Waals surface area contributed by atoms with Gasteiger partial charge in [0.25, 0.3) is 0 Å². The van der Waals surface area contributed by atoms with Crippen LogP contribution in [-0.4, -0.2) is 41.4 Å². The predicted molar refractivity (Wildman–Crippen MR) is 38.0 cm³/mol. The van der Waals surface area contributed by atoms with Crippen LogP contribution in [0.15, 0.2) is 0 Å². The highest BCUT2D eigenvalue weighted by Gasteiger charge is 2.36. The van der Waals surface area contributed by atoms with Crippen LogP contribution in [0, 0.1) is 0 Å². The molecule has 0 aliphatic carbocycles. The van der Waals surface area contributed by atoms with Crippen LogP contribution in [0.3, 0.4) is 0 Å². The first-order valence-electron chi connectivity index (χ1n) is 3.66. The Bertz CT molecular complexity index is 134. The molecule has 1 saturated heterocycles. The molecule has 4 heteroatoms. The van der Waals surface area contributed by atoms with E-state index in [9.17, 15) is 0 Å². The van der Waals surface area contributed by atoms with Gasteiger partial charge in [0.1, 0.15) is 12.2 Å². The van der Waals surface area contributed by atoms with E-state index >= 15 is 0 Å². The average Bonchev–Trinajstić information content (AvgIpc) is 2.29. The van der Waals surface area contributed by atoms with E-state index < -0.39 is 18.0 Å². The fourth-order valence-corrected chi connectivity index (χ4v) is 1.02.